The highest BCUT2D eigenvalue weighted by Crippen LogP contribution is 2.12. The van der Waals surface area contributed by atoms with Crippen LogP contribution in [0.1, 0.15) is 30.6 Å². The van der Waals surface area contributed by atoms with Crippen molar-refractivity contribution in [3.8, 4) is 0 Å². The van der Waals surface area contributed by atoms with Crippen molar-refractivity contribution in [1.82, 2.24) is 29.5 Å². The SMILES string of the molecule is Cc1nc(C)n(CC(C)C(=O)N2CCCN(Cc3cccnc3)CC2)n1. The van der Waals surface area contributed by atoms with Crippen molar-refractivity contribution in [2.24, 2.45) is 5.92 Å². The van der Waals surface area contributed by atoms with E-state index >= 15 is 0 Å². The summed E-state index contributed by atoms with van der Waals surface area (Å²) in [7, 11) is 0. The van der Waals surface area contributed by atoms with E-state index in [9.17, 15) is 4.79 Å². The zero-order valence-corrected chi connectivity index (χ0v) is 15.9. The van der Waals surface area contributed by atoms with Gasteiger partial charge in [0.05, 0.1) is 12.5 Å². The molecule has 2 aromatic heterocycles. The first-order valence-corrected chi connectivity index (χ1v) is 9.31. The predicted octanol–water partition coefficient (Wildman–Crippen LogP) is 1.66. The van der Waals surface area contributed by atoms with Gasteiger partial charge in [-0.1, -0.05) is 13.0 Å². The Morgan fingerprint density at radius 3 is 2.77 bits per heavy atom. The fraction of sp³-hybridized carbons (Fsp3) is 0.579. The van der Waals surface area contributed by atoms with E-state index in [1.807, 2.05) is 42.6 Å². The molecular weight excluding hydrogens is 328 g/mol. The molecule has 0 spiro atoms. The van der Waals surface area contributed by atoms with Crippen molar-refractivity contribution in [3.63, 3.8) is 0 Å². The summed E-state index contributed by atoms with van der Waals surface area (Å²) in [4.78, 5) is 25.8. The van der Waals surface area contributed by atoms with Crippen LogP contribution >= 0.6 is 0 Å². The maximum Gasteiger partial charge on any atom is 0.227 e. The van der Waals surface area contributed by atoms with Crippen molar-refractivity contribution in [1.29, 1.82) is 0 Å². The summed E-state index contributed by atoms with van der Waals surface area (Å²) in [5.74, 6) is 1.73. The van der Waals surface area contributed by atoms with Gasteiger partial charge in [-0.25, -0.2) is 9.67 Å². The number of aryl methyl sites for hydroxylation is 2. The van der Waals surface area contributed by atoms with E-state index in [-0.39, 0.29) is 11.8 Å². The molecule has 0 aromatic carbocycles. The fourth-order valence-electron chi connectivity index (χ4n) is 3.48. The van der Waals surface area contributed by atoms with Crippen LogP contribution in [-0.4, -0.2) is 61.6 Å². The molecular formula is C19H28N6O. The van der Waals surface area contributed by atoms with E-state index in [4.69, 9.17) is 0 Å². The molecule has 1 atom stereocenters. The highest BCUT2D eigenvalue weighted by atomic mass is 16.2. The summed E-state index contributed by atoms with van der Waals surface area (Å²) >= 11 is 0. The van der Waals surface area contributed by atoms with Gasteiger partial charge >= 0.3 is 0 Å². The van der Waals surface area contributed by atoms with Crippen LogP contribution in [0.5, 0.6) is 0 Å². The Kier molecular flexibility index (Phi) is 5.98. The molecule has 0 aliphatic carbocycles. The lowest BCUT2D eigenvalue weighted by Gasteiger charge is -2.25. The van der Waals surface area contributed by atoms with Gasteiger partial charge < -0.3 is 4.90 Å². The molecule has 1 unspecified atom stereocenters. The normalized spacial score (nSPS) is 17.1. The quantitative estimate of drug-likeness (QED) is 0.815. The third-order valence-electron chi connectivity index (χ3n) is 4.86. The monoisotopic (exact) mass is 356 g/mol. The Bertz CT molecular complexity index is 729. The van der Waals surface area contributed by atoms with Gasteiger partial charge in [0.2, 0.25) is 5.91 Å². The zero-order chi connectivity index (χ0) is 18.5. The molecule has 1 saturated heterocycles. The average molecular weight is 356 g/mol. The number of aromatic nitrogens is 4. The summed E-state index contributed by atoms with van der Waals surface area (Å²) in [5.41, 5.74) is 1.22. The third-order valence-corrected chi connectivity index (χ3v) is 4.86. The van der Waals surface area contributed by atoms with Crippen LogP contribution in [0.25, 0.3) is 0 Å². The maximum atomic E-state index is 12.9. The Balaban J connectivity index is 1.54. The second-order valence-corrected chi connectivity index (χ2v) is 7.11. The molecule has 3 heterocycles. The van der Waals surface area contributed by atoms with Gasteiger partial charge in [-0.15, -0.1) is 0 Å². The van der Waals surface area contributed by atoms with E-state index in [0.717, 1.165) is 50.8 Å². The minimum absolute atomic E-state index is 0.0975. The molecule has 1 amide bonds. The van der Waals surface area contributed by atoms with E-state index in [2.05, 4.69) is 26.0 Å². The zero-order valence-electron chi connectivity index (χ0n) is 15.9. The standard InChI is InChI=1S/C19H28N6O/c1-15(13-25-17(3)21-16(2)22-25)19(26)24-9-5-8-23(10-11-24)14-18-6-4-7-20-12-18/h4,6-7,12,15H,5,8-11,13-14H2,1-3H3. The first kappa shape index (κ1) is 18.5. The predicted molar refractivity (Wildman–Crippen MR) is 99.4 cm³/mol. The van der Waals surface area contributed by atoms with Crippen LogP contribution < -0.4 is 0 Å². The van der Waals surface area contributed by atoms with Crippen LogP contribution in [0.15, 0.2) is 24.5 Å². The summed E-state index contributed by atoms with van der Waals surface area (Å²) in [6.07, 6.45) is 4.71. The summed E-state index contributed by atoms with van der Waals surface area (Å²) in [5, 5.41) is 4.38. The molecule has 0 saturated carbocycles. The molecule has 140 valence electrons. The Labute approximate surface area is 155 Å². The lowest BCUT2D eigenvalue weighted by Crippen LogP contribution is -2.39. The van der Waals surface area contributed by atoms with Crippen molar-refractivity contribution in [3.05, 3.63) is 41.7 Å². The smallest absolute Gasteiger partial charge is 0.227 e. The van der Waals surface area contributed by atoms with Gasteiger partial charge in [0.15, 0.2) is 0 Å². The van der Waals surface area contributed by atoms with Crippen molar-refractivity contribution >= 4 is 5.91 Å². The summed E-state index contributed by atoms with van der Waals surface area (Å²) in [6, 6.07) is 4.07. The number of carbonyl (C=O) groups is 1. The Hall–Kier alpha value is -2.28. The second kappa shape index (κ2) is 8.40. The molecule has 1 aliphatic heterocycles. The number of nitrogens with zero attached hydrogens (tertiary/aromatic N) is 6. The van der Waals surface area contributed by atoms with E-state index in [0.29, 0.717) is 6.54 Å². The molecule has 0 N–H and O–H groups in total. The van der Waals surface area contributed by atoms with Crippen LogP contribution in [0.3, 0.4) is 0 Å². The largest absolute Gasteiger partial charge is 0.341 e. The highest BCUT2D eigenvalue weighted by molar-refractivity contribution is 5.78. The van der Waals surface area contributed by atoms with Gasteiger partial charge in [-0.2, -0.15) is 5.10 Å². The van der Waals surface area contributed by atoms with Crippen LogP contribution in [-0.2, 0) is 17.9 Å². The minimum Gasteiger partial charge on any atom is -0.341 e. The highest BCUT2D eigenvalue weighted by Gasteiger charge is 2.24. The Morgan fingerprint density at radius 2 is 2.08 bits per heavy atom. The minimum atomic E-state index is -0.0975. The van der Waals surface area contributed by atoms with Gasteiger partial charge in [-0.3, -0.25) is 14.7 Å². The number of hydrogen-bond acceptors (Lipinski definition) is 5. The van der Waals surface area contributed by atoms with Crippen LogP contribution in [0.2, 0.25) is 0 Å². The van der Waals surface area contributed by atoms with Gasteiger partial charge in [0, 0.05) is 45.1 Å². The lowest BCUT2D eigenvalue weighted by molar-refractivity contribution is -0.135. The average Bonchev–Trinajstić information content (AvgIpc) is 2.82. The lowest BCUT2D eigenvalue weighted by atomic mass is 10.1. The molecule has 2 aromatic rings. The van der Waals surface area contributed by atoms with Crippen LogP contribution in [0.4, 0.5) is 0 Å². The molecule has 1 fully saturated rings. The molecule has 1 aliphatic rings. The van der Waals surface area contributed by atoms with Crippen molar-refractivity contribution in [2.75, 3.05) is 26.2 Å². The summed E-state index contributed by atoms with van der Waals surface area (Å²) in [6.45, 7) is 10.8. The molecule has 7 nitrogen and oxygen atoms in total. The van der Waals surface area contributed by atoms with E-state index in [1.165, 1.54) is 5.56 Å². The first-order valence-electron chi connectivity index (χ1n) is 9.31. The number of amides is 1. The van der Waals surface area contributed by atoms with Gasteiger partial charge in [0.25, 0.3) is 0 Å². The number of hydrogen-bond donors (Lipinski definition) is 0. The van der Waals surface area contributed by atoms with E-state index in [1.54, 1.807) is 6.20 Å². The fourth-order valence-corrected chi connectivity index (χ4v) is 3.48. The number of rotatable bonds is 5. The molecule has 3 rings (SSSR count). The molecule has 26 heavy (non-hydrogen) atoms. The van der Waals surface area contributed by atoms with Gasteiger partial charge in [0.1, 0.15) is 11.6 Å². The number of pyridine rings is 1. The maximum absolute atomic E-state index is 12.9. The molecule has 0 radical (unpaired) electrons. The van der Waals surface area contributed by atoms with Crippen molar-refractivity contribution < 1.29 is 4.79 Å². The number of carbonyl (C=O) groups excluding carboxylic acids is 1. The molecule has 0 bridgehead atoms. The third kappa shape index (κ3) is 4.66. The van der Waals surface area contributed by atoms with Gasteiger partial charge in [-0.05, 0) is 31.9 Å². The van der Waals surface area contributed by atoms with Crippen LogP contribution in [0, 0.1) is 19.8 Å². The Morgan fingerprint density at radius 1 is 1.23 bits per heavy atom. The van der Waals surface area contributed by atoms with E-state index < -0.39 is 0 Å². The van der Waals surface area contributed by atoms with Crippen molar-refractivity contribution in [2.45, 2.75) is 40.3 Å². The summed E-state index contributed by atoms with van der Waals surface area (Å²) < 4.78 is 1.84. The molecule has 7 heteroatoms. The topological polar surface area (TPSA) is 67.2 Å². The second-order valence-electron chi connectivity index (χ2n) is 7.11. The first-order chi connectivity index (χ1) is 12.5.